The molecule has 1 unspecified atom stereocenters. The Hall–Kier alpha value is -1.69. The Labute approximate surface area is 155 Å². The van der Waals surface area contributed by atoms with E-state index in [0.29, 0.717) is 24.7 Å². The Morgan fingerprint density at radius 1 is 1.19 bits per heavy atom. The van der Waals surface area contributed by atoms with Gasteiger partial charge < -0.3 is 13.9 Å². The molecule has 1 aliphatic heterocycles. The summed E-state index contributed by atoms with van der Waals surface area (Å²) in [7, 11) is 0. The number of nitrogens with zero attached hydrogens (tertiary/aromatic N) is 2. The first kappa shape index (κ1) is 17.7. The van der Waals surface area contributed by atoms with Crippen LogP contribution in [0.15, 0.2) is 40.9 Å². The molecule has 1 aliphatic carbocycles. The molecule has 140 valence electrons. The molecule has 5 nitrogen and oxygen atoms in total. The van der Waals surface area contributed by atoms with Crippen LogP contribution >= 0.6 is 0 Å². The Balaban J connectivity index is 1.29. The van der Waals surface area contributed by atoms with Gasteiger partial charge in [0.25, 0.3) is 0 Å². The molecule has 4 rings (SSSR count). The van der Waals surface area contributed by atoms with Gasteiger partial charge in [0.2, 0.25) is 0 Å². The predicted octanol–water partition coefficient (Wildman–Crippen LogP) is 3.43. The molecule has 1 saturated heterocycles. The van der Waals surface area contributed by atoms with Crippen molar-refractivity contribution in [3.63, 3.8) is 0 Å². The van der Waals surface area contributed by atoms with Crippen molar-refractivity contribution in [3.8, 4) is 0 Å². The minimum absolute atomic E-state index is 0.327. The molecule has 2 aromatic heterocycles. The van der Waals surface area contributed by atoms with Gasteiger partial charge in [-0.2, -0.15) is 0 Å². The highest BCUT2D eigenvalue weighted by atomic mass is 16.5. The molecule has 0 bridgehead atoms. The smallest absolute Gasteiger partial charge is 0.118 e. The van der Waals surface area contributed by atoms with E-state index in [9.17, 15) is 0 Å². The minimum atomic E-state index is 0.327. The summed E-state index contributed by atoms with van der Waals surface area (Å²) in [5, 5.41) is 0. The Kier molecular flexibility index (Phi) is 5.68. The van der Waals surface area contributed by atoms with Crippen molar-refractivity contribution in [3.05, 3.63) is 53.7 Å². The number of rotatable bonds is 7. The molecular formula is C21H28N2O3. The SMILES string of the molecule is CCc1ccc(CN2CCO[C@@H]3CC(COCc4ccccn4)C[C@H]32)o1. The van der Waals surface area contributed by atoms with E-state index in [-0.39, 0.29) is 0 Å². The number of morpholine rings is 1. The van der Waals surface area contributed by atoms with E-state index < -0.39 is 0 Å². The summed E-state index contributed by atoms with van der Waals surface area (Å²) in [5.74, 6) is 2.69. The summed E-state index contributed by atoms with van der Waals surface area (Å²) in [6.45, 7) is 6.16. The van der Waals surface area contributed by atoms with Gasteiger partial charge in [0.1, 0.15) is 11.5 Å². The molecule has 1 saturated carbocycles. The van der Waals surface area contributed by atoms with E-state index in [4.69, 9.17) is 13.9 Å². The highest BCUT2D eigenvalue weighted by Gasteiger charge is 2.41. The zero-order chi connectivity index (χ0) is 17.8. The van der Waals surface area contributed by atoms with Gasteiger partial charge in [-0.05, 0) is 43.0 Å². The number of aromatic nitrogens is 1. The van der Waals surface area contributed by atoms with Crippen molar-refractivity contribution in [1.82, 2.24) is 9.88 Å². The highest BCUT2D eigenvalue weighted by molar-refractivity contribution is 5.08. The second-order valence-corrected chi connectivity index (χ2v) is 7.34. The molecule has 0 radical (unpaired) electrons. The van der Waals surface area contributed by atoms with Crippen LogP contribution in [-0.2, 0) is 29.0 Å². The van der Waals surface area contributed by atoms with Crippen LogP contribution in [0.25, 0.3) is 0 Å². The third-order valence-corrected chi connectivity index (χ3v) is 5.50. The maximum Gasteiger partial charge on any atom is 0.118 e. The van der Waals surface area contributed by atoms with E-state index in [1.54, 1.807) is 0 Å². The van der Waals surface area contributed by atoms with E-state index >= 15 is 0 Å². The Morgan fingerprint density at radius 3 is 2.92 bits per heavy atom. The van der Waals surface area contributed by atoms with Crippen LogP contribution in [0.5, 0.6) is 0 Å². The third-order valence-electron chi connectivity index (χ3n) is 5.50. The van der Waals surface area contributed by atoms with Crippen molar-refractivity contribution in [2.75, 3.05) is 19.8 Å². The molecular weight excluding hydrogens is 328 g/mol. The highest BCUT2D eigenvalue weighted by Crippen LogP contribution is 2.35. The summed E-state index contributed by atoms with van der Waals surface area (Å²) in [4.78, 5) is 6.85. The number of hydrogen-bond donors (Lipinski definition) is 0. The number of aryl methyl sites for hydroxylation is 1. The summed E-state index contributed by atoms with van der Waals surface area (Å²) >= 11 is 0. The number of pyridine rings is 1. The molecule has 26 heavy (non-hydrogen) atoms. The Morgan fingerprint density at radius 2 is 2.12 bits per heavy atom. The third kappa shape index (κ3) is 4.17. The fourth-order valence-electron chi connectivity index (χ4n) is 4.17. The largest absolute Gasteiger partial charge is 0.465 e. The lowest BCUT2D eigenvalue weighted by atomic mass is 10.1. The summed E-state index contributed by atoms with van der Waals surface area (Å²) < 4.78 is 17.9. The molecule has 5 heteroatoms. The predicted molar refractivity (Wildman–Crippen MR) is 98.6 cm³/mol. The molecule has 2 fully saturated rings. The maximum atomic E-state index is 6.05. The van der Waals surface area contributed by atoms with Gasteiger partial charge in [0.05, 0.1) is 38.2 Å². The molecule has 3 atom stereocenters. The van der Waals surface area contributed by atoms with Crippen LogP contribution in [0.3, 0.4) is 0 Å². The fourth-order valence-corrected chi connectivity index (χ4v) is 4.17. The molecule has 0 amide bonds. The summed E-state index contributed by atoms with van der Waals surface area (Å²) in [6, 6.07) is 10.6. The molecule has 3 heterocycles. The van der Waals surface area contributed by atoms with Crippen molar-refractivity contribution in [2.45, 2.75) is 51.5 Å². The molecule has 0 aromatic carbocycles. The first-order valence-electron chi connectivity index (χ1n) is 9.72. The lowest BCUT2D eigenvalue weighted by molar-refractivity contribution is -0.0609. The lowest BCUT2D eigenvalue weighted by Crippen LogP contribution is -2.47. The van der Waals surface area contributed by atoms with E-state index in [1.807, 2.05) is 24.4 Å². The van der Waals surface area contributed by atoms with Crippen molar-refractivity contribution in [2.24, 2.45) is 5.92 Å². The van der Waals surface area contributed by atoms with Crippen LogP contribution in [0, 0.1) is 5.92 Å². The van der Waals surface area contributed by atoms with Crippen molar-refractivity contribution < 1.29 is 13.9 Å². The van der Waals surface area contributed by atoms with Crippen LogP contribution in [0.2, 0.25) is 0 Å². The van der Waals surface area contributed by atoms with Crippen LogP contribution in [0.1, 0.15) is 37.0 Å². The minimum Gasteiger partial charge on any atom is -0.465 e. The number of ether oxygens (including phenoxy) is 2. The molecule has 2 aromatic rings. The average Bonchev–Trinajstić information content (AvgIpc) is 3.29. The second kappa shape index (κ2) is 8.33. The van der Waals surface area contributed by atoms with Crippen molar-refractivity contribution in [1.29, 1.82) is 0 Å². The summed E-state index contributed by atoms with van der Waals surface area (Å²) in [6.07, 6.45) is 5.31. The standard InChI is InChI=1S/C21H28N2O3/c1-2-18-6-7-19(26-18)13-23-9-10-25-21-12-16(11-20(21)23)14-24-15-17-5-3-4-8-22-17/h3-8,16,20-21H,2,9-15H2,1H3/t16?,20-,21-/m1/s1. The number of furan rings is 1. The Bertz CT molecular complexity index is 688. The zero-order valence-corrected chi connectivity index (χ0v) is 15.5. The monoisotopic (exact) mass is 356 g/mol. The lowest BCUT2D eigenvalue weighted by Gasteiger charge is -2.37. The number of fused-ring (bicyclic) bond motifs is 1. The fraction of sp³-hybridized carbons (Fsp3) is 0.571. The molecule has 0 spiro atoms. The topological polar surface area (TPSA) is 47.7 Å². The van der Waals surface area contributed by atoms with Gasteiger partial charge in [0, 0.05) is 25.2 Å². The van der Waals surface area contributed by atoms with Gasteiger partial charge >= 0.3 is 0 Å². The van der Waals surface area contributed by atoms with Crippen LogP contribution in [0.4, 0.5) is 0 Å². The normalized spacial score (nSPS) is 26.1. The first-order chi connectivity index (χ1) is 12.8. The van der Waals surface area contributed by atoms with Gasteiger partial charge in [-0.15, -0.1) is 0 Å². The van der Waals surface area contributed by atoms with Crippen LogP contribution < -0.4 is 0 Å². The quantitative estimate of drug-likeness (QED) is 0.761. The van der Waals surface area contributed by atoms with Gasteiger partial charge in [-0.25, -0.2) is 0 Å². The maximum absolute atomic E-state index is 6.05. The van der Waals surface area contributed by atoms with Gasteiger partial charge in [-0.3, -0.25) is 9.88 Å². The average molecular weight is 356 g/mol. The van der Waals surface area contributed by atoms with Gasteiger partial charge in [0.15, 0.2) is 0 Å². The molecule has 0 N–H and O–H groups in total. The van der Waals surface area contributed by atoms with Crippen molar-refractivity contribution >= 4 is 0 Å². The number of hydrogen-bond acceptors (Lipinski definition) is 5. The van der Waals surface area contributed by atoms with E-state index in [2.05, 4.69) is 28.9 Å². The second-order valence-electron chi connectivity index (χ2n) is 7.34. The van der Waals surface area contributed by atoms with E-state index in [0.717, 1.165) is 62.8 Å². The first-order valence-corrected chi connectivity index (χ1v) is 9.72. The van der Waals surface area contributed by atoms with Gasteiger partial charge in [-0.1, -0.05) is 13.0 Å². The van der Waals surface area contributed by atoms with Crippen LogP contribution in [-0.4, -0.2) is 41.8 Å². The summed E-state index contributed by atoms with van der Waals surface area (Å²) in [5.41, 5.74) is 0.991. The van der Waals surface area contributed by atoms with E-state index in [1.165, 1.54) is 0 Å². The zero-order valence-electron chi connectivity index (χ0n) is 15.5. The molecule has 2 aliphatic rings.